The first-order valence-corrected chi connectivity index (χ1v) is 10.4. The maximum Gasteiger partial charge on any atom is 0.328 e. The molecule has 4 rings (SSSR count). The highest BCUT2D eigenvalue weighted by Gasteiger charge is 2.25. The molecule has 1 saturated carbocycles. The standard InChI is InChI=1S/C23H26N4O3/c1-15(23(29)30-2)25-22(28)17-11-12-18-19(14-17)26-27(20-10-6-7-13-24-20)21(18)16-8-4-3-5-9-16/h6-7,10-16H,3-5,8-9H2,1-2H3,(H,25,28)/t15-/m1/s1. The molecule has 0 unspecified atom stereocenters. The third kappa shape index (κ3) is 3.92. The number of amides is 1. The second-order valence-corrected chi connectivity index (χ2v) is 7.77. The maximum atomic E-state index is 12.6. The summed E-state index contributed by atoms with van der Waals surface area (Å²) in [6.07, 6.45) is 7.73. The van der Waals surface area contributed by atoms with E-state index in [0.717, 1.165) is 29.6 Å². The van der Waals surface area contributed by atoms with Crippen LogP contribution in [0.15, 0.2) is 42.6 Å². The average Bonchev–Trinajstić information content (AvgIpc) is 3.18. The number of pyridine rings is 1. The first kappa shape index (κ1) is 20.1. The Labute approximate surface area is 175 Å². The van der Waals surface area contributed by atoms with Gasteiger partial charge in [-0.2, -0.15) is 5.10 Å². The van der Waals surface area contributed by atoms with Gasteiger partial charge >= 0.3 is 5.97 Å². The van der Waals surface area contributed by atoms with Crippen LogP contribution in [0, 0.1) is 0 Å². The van der Waals surface area contributed by atoms with E-state index in [2.05, 4.69) is 15.0 Å². The molecular formula is C23H26N4O3. The van der Waals surface area contributed by atoms with Gasteiger partial charge in [-0.3, -0.25) is 4.79 Å². The molecule has 0 bridgehead atoms. The molecule has 2 heterocycles. The van der Waals surface area contributed by atoms with Crippen molar-refractivity contribution in [3.63, 3.8) is 0 Å². The fourth-order valence-corrected chi connectivity index (χ4v) is 4.19. The van der Waals surface area contributed by atoms with Crippen LogP contribution in [0.3, 0.4) is 0 Å². The number of methoxy groups -OCH3 is 1. The summed E-state index contributed by atoms with van der Waals surface area (Å²) in [7, 11) is 1.30. The maximum absolute atomic E-state index is 12.6. The van der Waals surface area contributed by atoms with E-state index in [0.29, 0.717) is 11.5 Å². The molecule has 3 aromatic rings. The molecule has 1 aliphatic rings. The van der Waals surface area contributed by atoms with Crippen LogP contribution in [-0.4, -0.2) is 39.8 Å². The molecular weight excluding hydrogens is 380 g/mol. The normalized spacial score (nSPS) is 15.7. The lowest BCUT2D eigenvalue weighted by molar-refractivity contribution is -0.142. The van der Waals surface area contributed by atoms with E-state index in [4.69, 9.17) is 5.10 Å². The molecule has 30 heavy (non-hydrogen) atoms. The summed E-state index contributed by atoms with van der Waals surface area (Å²) < 4.78 is 6.61. The molecule has 1 fully saturated rings. The number of hydrogen-bond donors (Lipinski definition) is 1. The molecule has 1 aromatic carbocycles. The molecule has 7 heteroatoms. The van der Waals surface area contributed by atoms with Crippen LogP contribution in [0.1, 0.15) is 61.0 Å². The van der Waals surface area contributed by atoms with Gasteiger partial charge in [0.05, 0.1) is 18.3 Å². The zero-order chi connectivity index (χ0) is 21.1. The van der Waals surface area contributed by atoms with Crippen LogP contribution in [0.2, 0.25) is 0 Å². The smallest absolute Gasteiger partial charge is 0.328 e. The monoisotopic (exact) mass is 406 g/mol. The number of ether oxygens (including phenoxy) is 1. The number of aromatic nitrogens is 3. The fourth-order valence-electron chi connectivity index (χ4n) is 4.19. The minimum atomic E-state index is -0.720. The van der Waals surface area contributed by atoms with Gasteiger partial charge in [-0.15, -0.1) is 0 Å². The Bertz CT molecular complexity index is 1060. The van der Waals surface area contributed by atoms with Crippen molar-refractivity contribution in [1.82, 2.24) is 20.1 Å². The van der Waals surface area contributed by atoms with Crippen LogP contribution in [0.5, 0.6) is 0 Å². The summed E-state index contributed by atoms with van der Waals surface area (Å²) in [4.78, 5) is 28.7. The second-order valence-electron chi connectivity index (χ2n) is 7.77. The Morgan fingerprint density at radius 2 is 1.97 bits per heavy atom. The Hall–Kier alpha value is -3.22. The van der Waals surface area contributed by atoms with Crippen LogP contribution < -0.4 is 5.32 Å². The summed E-state index contributed by atoms with van der Waals surface area (Å²) >= 11 is 0. The van der Waals surface area contributed by atoms with E-state index in [-0.39, 0.29) is 5.91 Å². The highest BCUT2D eigenvalue weighted by Crippen LogP contribution is 2.37. The summed E-state index contributed by atoms with van der Waals surface area (Å²) in [5.41, 5.74) is 2.37. The van der Waals surface area contributed by atoms with Gasteiger partial charge in [0.2, 0.25) is 0 Å². The minimum Gasteiger partial charge on any atom is -0.467 e. The van der Waals surface area contributed by atoms with Gasteiger partial charge < -0.3 is 10.1 Å². The Morgan fingerprint density at radius 1 is 1.17 bits per heavy atom. The summed E-state index contributed by atoms with van der Waals surface area (Å²) in [5, 5.41) is 8.53. The summed E-state index contributed by atoms with van der Waals surface area (Å²) in [6.45, 7) is 1.60. The first-order chi connectivity index (χ1) is 14.6. The number of fused-ring (bicyclic) bond motifs is 1. The lowest BCUT2D eigenvalue weighted by atomic mass is 9.85. The second kappa shape index (κ2) is 8.65. The van der Waals surface area contributed by atoms with Crippen LogP contribution >= 0.6 is 0 Å². The van der Waals surface area contributed by atoms with E-state index < -0.39 is 12.0 Å². The molecule has 1 amide bonds. The van der Waals surface area contributed by atoms with Crippen molar-refractivity contribution in [2.45, 2.75) is 51.0 Å². The summed E-state index contributed by atoms with van der Waals surface area (Å²) in [5.74, 6) is 0.384. The van der Waals surface area contributed by atoms with E-state index >= 15 is 0 Å². The zero-order valence-electron chi connectivity index (χ0n) is 17.3. The van der Waals surface area contributed by atoms with Gasteiger partial charge in [0.15, 0.2) is 5.82 Å². The van der Waals surface area contributed by atoms with Gasteiger partial charge in [-0.05, 0) is 44.0 Å². The number of hydrogen-bond acceptors (Lipinski definition) is 5. The van der Waals surface area contributed by atoms with Crippen LogP contribution in [0.4, 0.5) is 0 Å². The average molecular weight is 406 g/mol. The van der Waals surface area contributed by atoms with Crippen molar-refractivity contribution in [2.24, 2.45) is 0 Å². The number of nitrogens with one attached hydrogen (secondary N) is 1. The van der Waals surface area contributed by atoms with Gasteiger partial charge in [0.1, 0.15) is 6.04 Å². The summed E-state index contributed by atoms with van der Waals surface area (Å²) in [6, 6.07) is 10.6. The van der Waals surface area contributed by atoms with Gasteiger partial charge in [-0.1, -0.05) is 31.4 Å². The molecule has 156 valence electrons. The van der Waals surface area contributed by atoms with Crippen molar-refractivity contribution in [3.8, 4) is 5.82 Å². The highest BCUT2D eigenvalue weighted by molar-refractivity contribution is 6.00. The van der Waals surface area contributed by atoms with Gasteiger partial charge in [-0.25, -0.2) is 14.5 Å². The predicted octanol–water partition coefficient (Wildman–Crippen LogP) is 3.76. The SMILES string of the molecule is COC(=O)[C@@H](C)NC(=O)c1ccc2c(C3CCCCC3)n(-c3ccccn3)nc2c1. The Morgan fingerprint density at radius 3 is 2.67 bits per heavy atom. The number of esters is 1. The largest absolute Gasteiger partial charge is 0.467 e. The Balaban J connectivity index is 1.74. The first-order valence-electron chi connectivity index (χ1n) is 10.4. The van der Waals surface area contributed by atoms with Crippen molar-refractivity contribution < 1.29 is 14.3 Å². The molecule has 0 aliphatic heterocycles. The van der Waals surface area contributed by atoms with Gasteiger partial charge in [0.25, 0.3) is 5.91 Å². The van der Waals surface area contributed by atoms with E-state index in [1.165, 1.54) is 32.1 Å². The molecule has 1 N–H and O–H groups in total. The lowest BCUT2D eigenvalue weighted by Gasteiger charge is -2.22. The van der Waals surface area contributed by atoms with Crippen LogP contribution in [-0.2, 0) is 9.53 Å². The van der Waals surface area contributed by atoms with Crippen LogP contribution in [0.25, 0.3) is 16.7 Å². The number of nitrogens with zero attached hydrogens (tertiary/aromatic N) is 3. The zero-order valence-corrected chi connectivity index (χ0v) is 17.3. The Kier molecular flexibility index (Phi) is 5.79. The molecule has 2 aromatic heterocycles. The van der Waals surface area contributed by atoms with E-state index in [1.54, 1.807) is 25.3 Å². The molecule has 1 atom stereocenters. The predicted molar refractivity (Wildman–Crippen MR) is 114 cm³/mol. The molecule has 0 spiro atoms. The van der Waals surface area contributed by atoms with Crippen molar-refractivity contribution in [1.29, 1.82) is 0 Å². The van der Waals surface area contributed by atoms with Gasteiger partial charge in [0, 0.05) is 23.1 Å². The van der Waals surface area contributed by atoms with Crippen molar-refractivity contribution >= 4 is 22.8 Å². The molecule has 7 nitrogen and oxygen atoms in total. The third-order valence-corrected chi connectivity index (χ3v) is 5.73. The van der Waals surface area contributed by atoms with Crippen molar-refractivity contribution in [2.75, 3.05) is 7.11 Å². The molecule has 0 saturated heterocycles. The molecule has 1 aliphatic carbocycles. The molecule has 0 radical (unpaired) electrons. The highest BCUT2D eigenvalue weighted by atomic mass is 16.5. The van der Waals surface area contributed by atoms with E-state index in [1.807, 2.05) is 28.9 Å². The number of carbonyl (C=O) groups is 2. The third-order valence-electron chi connectivity index (χ3n) is 5.73. The number of rotatable bonds is 5. The van der Waals surface area contributed by atoms with E-state index in [9.17, 15) is 9.59 Å². The quantitative estimate of drug-likeness (QED) is 0.652. The lowest BCUT2D eigenvalue weighted by Crippen LogP contribution is -2.39. The van der Waals surface area contributed by atoms with Crippen molar-refractivity contribution in [3.05, 3.63) is 53.9 Å². The number of carbonyl (C=O) groups excluding carboxylic acids is 2. The minimum absolute atomic E-state index is 0.332. The number of benzene rings is 1. The topological polar surface area (TPSA) is 86.1 Å². The fraction of sp³-hybridized carbons (Fsp3) is 0.391.